The molecule has 1 aliphatic heterocycles. The Bertz CT molecular complexity index is 1010. The second kappa shape index (κ2) is 10.3. The van der Waals surface area contributed by atoms with Gasteiger partial charge in [0.25, 0.3) is 5.91 Å². The van der Waals surface area contributed by atoms with Crippen LogP contribution in [0, 0.1) is 0 Å². The number of hydrogen-bond acceptors (Lipinski definition) is 4. The van der Waals surface area contributed by atoms with Crippen LogP contribution >= 0.6 is 11.8 Å². The number of likely N-dealkylation sites (N-methyl/N-ethyl adjacent to an activating group) is 1. The predicted octanol–water partition coefficient (Wildman–Crippen LogP) is 4.49. The molecular weight excluding hydrogens is 420 g/mol. The summed E-state index contributed by atoms with van der Waals surface area (Å²) >= 11 is 1.52. The Hall–Kier alpha value is -2.60. The fourth-order valence-corrected chi connectivity index (χ4v) is 5.64. The van der Waals surface area contributed by atoms with Gasteiger partial charge < -0.3 is 10.1 Å². The van der Waals surface area contributed by atoms with Crippen LogP contribution in [0.3, 0.4) is 0 Å². The molecule has 1 fully saturated rings. The number of thioether (sulfide) groups is 1. The van der Waals surface area contributed by atoms with Crippen LogP contribution in [0.1, 0.15) is 50.5 Å². The average Bonchev–Trinajstić information content (AvgIpc) is 2.79. The summed E-state index contributed by atoms with van der Waals surface area (Å²) in [5.74, 6) is 0.658. The third-order valence-corrected chi connectivity index (χ3v) is 7.50. The number of carbonyl (C=O) groups is 2. The summed E-state index contributed by atoms with van der Waals surface area (Å²) in [7, 11) is 3.41. The number of methoxy groups -OCH3 is 1. The molecule has 2 amide bonds. The van der Waals surface area contributed by atoms with Gasteiger partial charge in [-0.1, -0.05) is 68.2 Å². The zero-order valence-electron chi connectivity index (χ0n) is 18.8. The maximum Gasteiger partial charge on any atom is 0.425 e. The maximum atomic E-state index is 13.0. The first-order valence-electron chi connectivity index (χ1n) is 11.4. The average molecular weight is 452 g/mol. The van der Waals surface area contributed by atoms with Crippen molar-refractivity contribution in [2.45, 2.75) is 56.2 Å². The molecule has 5 nitrogen and oxygen atoms in total. The van der Waals surface area contributed by atoms with Crippen molar-refractivity contribution in [3.05, 3.63) is 58.5 Å². The number of carbonyl (C=O) groups excluding carboxylic acids is 2. The van der Waals surface area contributed by atoms with Crippen molar-refractivity contribution in [1.29, 1.82) is 0 Å². The minimum absolute atomic E-state index is 0.00695. The standard InChI is InChI=1S/C26H30N2O3S/c1-28-22-17-19(25(29)27-20-10-6-4-3-5-7-11-20)13-14-23(22)32-24(26(28)30)16-18-9-8-12-21(15-18)31-2/h8-9,12-17,20,23H,3-7,10-11H2,1-2H3/p+1/b24-16-. The monoisotopic (exact) mass is 451 g/mol. The molecule has 32 heavy (non-hydrogen) atoms. The highest BCUT2D eigenvalue weighted by molar-refractivity contribution is 8.05. The highest BCUT2D eigenvalue weighted by atomic mass is 32.2. The van der Waals surface area contributed by atoms with Crippen LogP contribution in [0.25, 0.3) is 6.08 Å². The van der Waals surface area contributed by atoms with Gasteiger partial charge in [0.05, 0.1) is 7.11 Å². The van der Waals surface area contributed by atoms with Crippen molar-refractivity contribution < 1.29 is 18.9 Å². The van der Waals surface area contributed by atoms with E-state index in [-0.39, 0.29) is 23.1 Å². The Kier molecular flexibility index (Phi) is 7.30. The van der Waals surface area contributed by atoms with Gasteiger partial charge in [-0.3, -0.25) is 4.79 Å². The first-order chi connectivity index (χ1) is 15.5. The number of nitrogens with zero attached hydrogens (tertiary/aromatic N) is 1. The lowest BCUT2D eigenvalue weighted by Gasteiger charge is -2.23. The molecule has 0 aromatic heterocycles. The van der Waals surface area contributed by atoms with Crippen LogP contribution in [-0.4, -0.2) is 47.6 Å². The Morgan fingerprint density at radius 1 is 1.19 bits per heavy atom. The molecule has 4 rings (SSSR count). The maximum absolute atomic E-state index is 13.0. The first-order valence-corrected chi connectivity index (χ1v) is 12.3. The minimum atomic E-state index is -0.0598. The summed E-state index contributed by atoms with van der Waals surface area (Å²) in [6, 6.07) is 7.91. The molecule has 1 aromatic rings. The van der Waals surface area contributed by atoms with E-state index in [9.17, 15) is 9.59 Å². The molecule has 0 radical (unpaired) electrons. The first kappa shape index (κ1) is 22.6. The van der Waals surface area contributed by atoms with Gasteiger partial charge in [-0.25, -0.2) is 4.79 Å². The Balaban J connectivity index is 1.51. The van der Waals surface area contributed by atoms with Gasteiger partial charge in [-0.15, -0.1) is 0 Å². The van der Waals surface area contributed by atoms with Gasteiger partial charge in [0, 0.05) is 17.7 Å². The predicted molar refractivity (Wildman–Crippen MR) is 130 cm³/mol. The van der Waals surface area contributed by atoms with Crippen LogP contribution in [0.2, 0.25) is 0 Å². The van der Waals surface area contributed by atoms with E-state index in [0.29, 0.717) is 10.5 Å². The number of benzene rings is 1. The van der Waals surface area contributed by atoms with Gasteiger partial charge in [0.2, 0.25) is 5.71 Å². The van der Waals surface area contributed by atoms with E-state index in [0.717, 1.165) is 29.9 Å². The van der Waals surface area contributed by atoms with Crippen LogP contribution in [0.5, 0.6) is 5.75 Å². The topological polar surface area (TPSA) is 58.4 Å². The second-order valence-corrected chi connectivity index (χ2v) is 9.77. The molecule has 1 saturated carbocycles. The van der Waals surface area contributed by atoms with Crippen LogP contribution in [-0.2, 0) is 9.59 Å². The summed E-state index contributed by atoms with van der Waals surface area (Å²) in [6.07, 6.45) is 16.0. The summed E-state index contributed by atoms with van der Waals surface area (Å²) in [4.78, 5) is 26.6. The zero-order chi connectivity index (χ0) is 22.5. The van der Waals surface area contributed by atoms with Gasteiger partial charge >= 0.3 is 5.91 Å². The summed E-state index contributed by atoms with van der Waals surface area (Å²) in [6.45, 7) is 0. The Morgan fingerprint density at radius 2 is 1.94 bits per heavy atom. The molecule has 6 heteroatoms. The molecule has 0 spiro atoms. The highest BCUT2D eigenvalue weighted by Gasteiger charge is 2.38. The van der Waals surface area contributed by atoms with E-state index in [1.807, 2.05) is 48.6 Å². The normalized spacial score (nSPS) is 23.3. The Morgan fingerprint density at radius 3 is 2.69 bits per heavy atom. The second-order valence-electron chi connectivity index (χ2n) is 8.59. The molecule has 1 aromatic carbocycles. The molecule has 1 atom stereocenters. The van der Waals surface area contributed by atoms with Crippen molar-refractivity contribution in [3.63, 3.8) is 0 Å². The number of fused-ring (bicyclic) bond motifs is 1. The number of hydrogen-bond donors (Lipinski definition) is 1. The molecule has 168 valence electrons. The number of rotatable bonds is 4. The third-order valence-electron chi connectivity index (χ3n) is 6.30. The smallest absolute Gasteiger partial charge is 0.425 e. The Labute approximate surface area is 194 Å². The van der Waals surface area contributed by atoms with Gasteiger partial charge in [-0.2, -0.15) is 4.58 Å². The minimum Gasteiger partial charge on any atom is -0.497 e. The molecule has 0 bridgehead atoms. The molecule has 3 aliphatic rings. The molecule has 1 N–H and O–H groups in total. The fourth-order valence-electron chi connectivity index (χ4n) is 4.43. The van der Waals surface area contributed by atoms with E-state index < -0.39 is 0 Å². The van der Waals surface area contributed by atoms with Crippen molar-refractivity contribution in [3.8, 4) is 5.75 Å². The number of nitrogens with one attached hydrogen (secondary N) is 1. The fraction of sp³-hybridized carbons (Fsp3) is 0.423. The highest BCUT2D eigenvalue weighted by Crippen LogP contribution is 2.34. The van der Waals surface area contributed by atoms with Crippen molar-refractivity contribution in [2.24, 2.45) is 0 Å². The van der Waals surface area contributed by atoms with E-state index in [2.05, 4.69) is 5.32 Å². The zero-order valence-corrected chi connectivity index (χ0v) is 19.6. The number of ether oxygens (including phenoxy) is 1. The number of allylic oxidation sites excluding steroid dienone is 1. The van der Waals surface area contributed by atoms with Gasteiger partial charge in [0.1, 0.15) is 23.0 Å². The van der Waals surface area contributed by atoms with Crippen LogP contribution in [0.4, 0.5) is 0 Å². The van der Waals surface area contributed by atoms with Crippen molar-refractivity contribution >= 4 is 35.4 Å². The summed E-state index contributed by atoms with van der Waals surface area (Å²) in [5, 5.41) is 3.23. The molecule has 0 saturated heterocycles. The van der Waals surface area contributed by atoms with Gasteiger partial charge in [-0.05, 0) is 36.6 Å². The van der Waals surface area contributed by atoms with E-state index in [1.54, 1.807) is 18.7 Å². The van der Waals surface area contributed by atoms with Crippen LogP contribution in [0.15, 0.2) is 53.0 Å². The molecule has 1 heterocycles. The quantitative estimate of drug-likeness (QED) is 0.541. The third kappa shape index (κ3) is 5.23. The summed E-state index contributed by atoms with van der Waals surface area (Å²) < 4.78 is 6.95. The molecule has 1 unspecified atom stereocenters. The largest absolute Gasteiger partial charge is 0.497 e. The van der Waals surface area contributed by atoms with E-state index in [1.165, 1.54) is 43.9 Å². The lowest BCUT2D eigenvalue weighted by atomic mass is 9.96. The van der Waals surface area contributed by atoms with E-state index >= 15 is 0 Å². The van der Waals surface area contributed by atoms with Crippen LogP contribution < -0.4 is 10.1 Å². The number of amides is 2. The van der Waals surface area contributed by atoms with Crippen molar-refractivity contribution in [1.82, 2.24) is 5.32 Å². The lowest BCUT2D eigenvalue weighted by Crippen LogP contribution is -2.39. The van der Waals surface area contributed by atoms with E-state index in [4.69, 9.17) is 4.74 Å². The molecule has 2 aliphatic carbocycles. The SMILES string of the molecule is COc1cccc(/C=C2\SC3C=CC(C(=O)NC4CCCCCCC4)=CC3=[N+](C)C2=O)c1. The summed E-state index contributed by atoms with van der Waals surface area (Å²) in [5.41, 5.74) is 2.40. The van der Waals surface area contributed by atoms with Gasteiger partial charge in [0.15, 0.2) is 0 Å². The van der Waals surface area contributed by atoms with Crippen molar-refractivity contribution in [2.75, 3.05) is 14.2 Å². The lowest BCUT2D eigenvalue weighted by molar-refractivity contribution is -0.413. The molecular formula is C26H31N2O3S+.